The lowest BCUT2D eigenvalue weighted by atomic mass is 9.73. The lowest BCUT2D eigenvalue weighted by Gasteiger charge is -2.63. The number of amides is 1. The van der Waals surface area contributed by atoms with E-state index in [1.165, 1.54) is 12.8 Å². The fraction of sp³-hybridized carbons (Fsp3) is 0.708. The van der Waals surface area contributed by atoms with Crippen molar-refractivity contribution in [3.8, 4) is 5.75 Å². The molecule has 6 heteroatoms. The van der Waals surface area contributed by atoms with Gasteiger partial charge in [-0.2, -0.15) is 0 Å². The van der Waals surface area contributed by atoms with Gasteiger partial charge in [0.2, 0.25) is 0 Å². The summed E-state index contributed by atoms with van der Waals surface area (Å²) in [6, 6.07) is 10.1. The molecule has 0 N–H and O–H groups in total. The summed E-state index contributed by atoms with van der Waals surface area (Å²) in [4.78, 5) is 17.3. The molecule has 3 heterocycles. The van der Waals surface area contributed by atoms with Crippen LogP contribution in [0.5, 0.6) is 5.75 Å². The third kappa shape index (κ3) is 4.23. The van der Waals surface area contributed by atoms with Gasteiger partial charge >= 0.3 is 0 Å². The Morgan fingerprint density at radius 3 is 2.50 bits per heavy atom. The van der Waals surface area contributed by atoms with E-state index in [4.69, 9.17) is 14.2 Å². The average Bonchev–Trinajstić information content (AvgIpc) is 3.63. The van der Waals surface area contributed by atoms with Crippen molar-refractivity contribution in [2.24, 2.45) is 5.92 Å². The van der Waals surface area contributed by atoms with Gasteiger partial charge in [-0.05, 0) is 56.6 Å². The normalized spacial score (nSPS) is 27.1. The number of rotatable bonds is 7. The first-order valence-electron chi connectivity index (χ1n) is 11.7. The summed E-state index contributed by atoms with van der Waals surface area (Å²) in [6.07, 6.45) is 7.27. The Morgan fingerprint density at radius 1 is 1.07 bits per heavy atom. The molecular weight excluding hydrogens is 380 g/mol. The molecular formula is C24H34N2O4. The number of ether oxygens (including phenoxy) is 3. The number of carbonyl (C=O) groups is 1. The summed E-state index contributed by atoms with van der Waals surface area (Å²) in [7, 11) is 0. The van der Waals surface area contributed by atoms with Gasteiger partial charge in [0.25, 0.3) is 5.91 Å². The van der Waals surface area contributed by atoms with Crippen LogP contribution in [0.15, 0.2) is 30.3 Å². The molecule has 3 aliphatic heterocycles. The van der Waals surface area contributed by atoms with Crippen molar-refractivity contribution >= 4 is 5.91 Å². The lowest BCUT2D eigenvalue weighted by molar-refractivity contribution is -0.217. The molecule has 1 aliphatic carbocycles. The Balaban J connectivity index is 1.12. The molecule has 1 aromatic rings. The molecule has 4 aliphatic rings. The van der Waals surface area contributed by atoms with E-state index in [0.717, 1.165) is 76.8 Å². The number of hydrogen-bond acceptors (Lipinski definition) is 5. The zero-order valence-corrected chi connectivity index (χ0v) is 17.8. The number of nitrogens with zero attached hydrogens (tertiary/aromatic N) is 2. The Hall–Kier alpha value is -1.63. The van der Waals surface area contributed by atoms with Gasteiger partial charge in [0.15, 0.2) is 6.61 Å². The summed E-state index contributed by atoms with van der Waals surface area (Å²) >= 11 is 0. The minimum atomic E-state index is 0.0901. The molecule has 1 saturated carbocycles. The molecule has 1 atom stereocenters. The van der Waals surface area contributed by atoms with Crippen LogP contribution in [0.2, 0.25) is 0 Å². The first kappa shape index (κ1) is 20.3. The van der Waals surface area contributed by atoms with E-state index < -0.39 is 0 Å². The zero-order valence-electron chi connectivity index (χ0n) is 17.8. The lowest BCUT2D eigenvalue weighted by Crippen LogP contribution is -2.76. The Labute approximate surface area is 179 Å². The topological polar surface area (TPSA) is 51.2 Å². The van der Waals surface area contributed by atoms with Gasteiger partial charge < -0.3 is 19.1 Å². The maximum absolute atomic E-state index is 12.6. The van der Waals surface area contributed by atoms with E-state index in [2.05, 4.69) is 4.90 Å². The summed E-state index contributed by atoms with van der Waals surface area (Å²) < 4.78 is 17.7. The quantitative estimate of drug-likeness (QED) is 0.687. The highest BCUT2D eigenvalue weighted by atomic mass is 16.5. The first-order chi connectivity index (χ1) is 14.7. The molecule has 1 amide bonds. The number of para-hydroxylation sites is 1. The van der Waals surface area contributed by atoms with Crippen LogP contribution >= 0.6 is 0 Å². The molecule has 6 nitrogen and oxygen atoms in total. The second kappa shape index (κ2) is 8.85. The number of piperidine rings is 1. The van der Waals surface area contributed by atoms with E-state index in [0.29, 0.717) is 12.1 Å². The molecule has 0 aromatic heterocycles. The largest absolute Gasteiger partial charge is 0.484 e. The molecule has 3 saturated heterocycles. The van der Waals surface area contributed by atoms with E-state index in [1.54, 1.807) is 0 Å². The second-order valence-electron chi connectivity index (χ2n) is 9.35. The van der Waals surface area contributed by atoms with Crippen LogP contribution in [0.1, 0.15) is 38.5 Å². The second-order valence-corrected chi connectivity index (χ2v) is 9.35. The summed E-state index contributed by atoms with van der Waals surface area (Å²) in [5, 5.41) is 0. The third-order valence-electron chi connectivity index (χ3n) is 7.49. The summed E-state index contributed by atoms with van der Waals surface area (Å²) in [5.41, 5.74) is 0.167. The van der Waals surface area contributed by atoms with E-state index in [-0.39, 0.29) is 18.1 Å². The van der Waals surface area contributed by atoms with Gasteiger partial charge in [-0.3, -0.25) is 9.69 Å². The van der Waals surface area contributed by atoms with Crippen LogP contribution in [-0.2, 0) is 14.3 Å². The van der Waals surface area contributed by atoms with Crippen molar-refractivity contribution in [3.05, 3.63) is 30.3 Å². The van der Waals surface area contributed by atoms with Crippen LogP contribution in [0.3, 0.4) is 0 Å². The predicted molar refractivity (Wildman–Crippen MR) is 113 cm³/mol. The summed E-state index contributed by atoms with van der Waals surface area (Å²) in [6.45, 7) is 5.42. The molecule has 0 bridgehead atoms. The van der Waals surface area contributed by atoms with Gasteiger partial charge in [0.1, 0.15) is 5.75 Å². The highest BCUT2D eigenvalue weighted by Crippen LogP contribution is 2.45. The van der Waals surface area contributed by atoms with E-state index in [9.17, 15) is 4.79 Å². The average molecular weight is 415 g/mol. The molecule has 1 unspecified atom stereocenters. The van der Waals surface area contributed by atoms with Gasteiger partial charge in [-0.25, -0.2) is 0 Å². The van der Waals surface area contributed by atoms with Gasteiger partial charge in [-0.15, -0.1) is 0 Å². The van der Waals surface area contributed by atoms with E-state index in [1.807, 2.05) is 35.2 Å². The monoisotopic (exact) mass is 414 g/mol. The fourth-order valence-electron chi connectivity index (χ4n) is 5.37. The van der Waals surface area contributed by atoms with Crippen molar-refractivity contribution in [1.82, 2.24) is 9.80 Å². The van der Waals surface area contributed by atoms with E-state index >= 15 is 0 Å². The smallest absolute Gasteiger partial charge is 0.260 e. The molecule has 0 radical (unpaired) electrons. The molecule has 4 fully saturated rings. The zero-order chi connectivity index (χ0) is 20.4. The number of carbonyl (C=O) groups excluding carboxylic acids is 1. The van der Waals surface area contributed by atoms with Crippen LogP contribution in [0, 0.1) is 5.92 Å². The molecule has 1 spiro atoms. The van der Waals surface area contributed by atoms with Gasteiger partial charge in [-0.1, -0.05) is 18.2 Å². The first-order valence-corrected chi connectivity index (χ1v) is 11.7. The van der Waals surface area contributed by atoms with Crippen molar-refractivity contribution in [2.75, 3.05) is 46.1 Å². The molecule has 30 heavy (non-hydrogen) atoms. The van der Waals surface area contributed by atoms with Gasteiger partial charge in [0, 0.05) is 45.5 Å². The third-order valence-corrected chi connectivity index (χ3v) is 7.49. The van der Waals surface area contributed by atoms with Crippen LogP contribution in [0.25, 0.3) is 0 Å². The van der Waals surface area contributed by atoms with Crippen molar-refractivity contribution in [2.45, 2.75) is 56.2 Å². The fourth-order valence-corrected chi connectivity index (χ4v) is 5.37. The Morgan fingerprint density at radius 2 is 1.80 bits per heavy atom. The number of likely N-dealkylation sites (tertiary alicyclic amines) is 2. The molecule has 1 aromatic carbocycles. The Bertz CT molecular complexity index is 709. The minimum absolute atomic E-state index is 0.0901. The highest BCUT2D eigenvalue weighted by Gasteiger charge is 2.57. The maximum Gasteiger partial charge on any atom is 0.260 e. The minimum Gasteiger partial charge on any atom is -0.484 e. The predicted octanol–water partition coefficient (Wildman–Crippen LogP) is 2.72. The van der Waals surface area contributed by atoms with Crippen molar-refractivity contribution in [1.29, 1.82) is 0 Å². The van der Waals surface area contributed by atoms with Crippen molar-refractivity contribution < 1.29 is 19.0 Å². The standard InChI is InChI=1S/C24H34N2O4/c27-23(18-29-21-4-2-1-3-5-21)25-12-8-20(9-13-25)26-16-22(30-17-19-6-7-19)24(26)10-14-28-15-11-24/h1-5,19-20,22H,6-18H2. The van der Waals surface area contributed by atoms with Crippen LogP contribution in [0.4, 0.5) is 0 Å². The number of hydrogen-bond donors (Lipinski definition) is 0. The summed E-state index contributed by atoms with van der Waals surface area (Å²) in [5.74, 6) is 1.65. The maximum atomic E-state index is 12.6. The van der Waals surface area contributed by atoms with Crippen LogP contribution < -0.4 is 4.74 Å². The van der Waals surface area contributed by atoms with Crippen molar-refractivity contribution in [3.63, 3.8) is 0 Å². The molecule has 164 valence electrons. The highest BCUT2D eigenvalue weighted by molar-refractivity contribution is 5.77. The molecule has 5 rings (SSSR count). The SMILES string of the molecule is O=C(COc1ccccc1)N1CCC(N2CC(OCC3CC3)C23CCOCC3)CC1. The van der Waals surface area contributed by atoms with Gasteiger partial charge in [0.05, 0.1) is 11.6 Å². The number of benzene rings is 1. The Kier molecular flexibility index (Phi) is 5.98. The van der Waals surface area contributed by atoms with Crippen LogP contribution in [-0.4, -0.2) is 79.5 Å².